The summed E-state index contributed by atoms with van der Waals surface area (Å²) in [5.41, 5.74) is 0.397. The molecule has 1 unspecified atom stereocenters. The van der Waals surface area contributed by atoms with Gasteiger partial charge in [-0.3, -0.25) is 9.69 Å². The van der Waals surface area contributed by atoms with Crippen molar-refractivity contribution in [3.63, 3.8) is 0 Å². The summed E-state index contributed by atoms with van der Waals surface area (Å²) in [6.45, 7) is 5.17. The second kappa shape index (κ2) is 8.86. The van der Waals surface area contributed by atoms with Crippen molar-refractivity contribution in [1.29, 1.82) is 0 Å². The number of nitrogens with one attached hydrogen (secondary N) is 1. The highest BCUT2D eigenvalue weighted by molar-refractivity contribution is 7.16. The van der Waals surface area contributed by atoms with Crippen LogP contribution in [0, 0.1) is 12.7 Å². The van der Waals surface area contributed by atoms with E-state index in [0.29, 0.717) is 35.2 Å². The van der Waals surface area contributed by atoms with Crippen LogP contribution in [0.2, 0.25) is 0 Å². The van der Waals surface area contributed by atoms with Crippen LogP contribution in [0.4, 0.5) is 4.39 Å². The first kappa shape index (κ1) is 19.8. The van der Waals surface area contributed by atoms with Crippen molar-refractivity contribution in [2.24, 2.45) is 0 Å². The third-order valence-electron chi connectivity index (χ3n) is 4.87. The Morgan fingerprint density at radius 2 is 2.07 bits per heavy atom. The molecule has 0 aliphatic carbocycles. The van der Waals surface area contributed by atoms with E-state index in [4.69, 9.17) is 9.15 Å². The second-order valence-corrected chi connectivity index (χ2v) is 7.86. The third-order valence-corrected chi connectivity index (χ3v) is 5.90. The third kappa shape index (κ3) is 4.55. The number of aryl methyl sites for hydroxylation is 1. The molecule has 2 aromatic heterocycles. The number of hydrogen-bond acceptors (Lipinski definition) is 6. The number of nitrogens with zero attached hydrogens (tertiary/aromatic N) is 2. The van der Waals surface area contributed by atoms with Crippen LogP contribution >= 0.6 is 11.3 Å². The molecule has 0 spiro atoms. The number of rotatable bonds is 6. The molecule has 1 amide bonds. The molecule has 0 saturated carbocycles. The van der Waals surface area contributed by atoms with Crippen molar-refractivity contribution in [3.05, 3.63) is 64.8 Å². The van der Waals surface area contributed by atoms with Gasteiger partial charge >= 0.3 is 0 Å². The summed E-state index contributed by atoms with van der Waals surface area (Å²) in [7, 11) is 0. The first-order valence-corrected chi connectivity index (χ1v) is 10.3. The molecule has 29 heavy (non-hydrogen) atoms. The smallest absolute Gasteiger partial charge is 0.263 e. The Balaban J connectivity index is 1.46. The van der Waals surface area contributed by atoms with E-state index in [1.165, 1.54) is 23.6 Å². The lowest BCUT2D eigenvalue weighted by Gasteiger charge is -2.33. The highest BCUT2D eigenvalue weighted by Crippen LogP contribution is 2.28. The highest BCUT2D eigenvalue weighted by Gasteiger charge is 2.26. The van der Waals surface area contributed by atoms with Crippen LogP contribution in [-0.2, 0) is 4.74 Å². The Morgan fingerprint density at radius 3 is 2.79 bits per heavy atom. The van der Waals surface area contributed by atoms with Gasteiger partial charge in [-0.25, -0.2) is 9.37 Å². The van der Waals surface area contributed by atoms with Gasteiger partial charge in [0.25, 0.3) is 5.91 Å². The van der Waals surface area contributed by atoms with Gasteiger partial charge in [0.2, 0.25) is 0 Å². The van der Waals surface area contributed by atoms with E-state index in [1.807, 2.05) is 19.1 Å². The summed E-state index contributed by atoms with van der Waals surface area (Å²) in [5.74, 6) is 1.07. The number of benzene rings is 1. The van der Waals surface area contributed by atoms with Crippen LogP contribution in [-0.4, -0.2) is 48.6 Å². The molecule has 3 heterocycles. The van der Waals surface area contributed by atoms with Crippen LogP contribution in [0.1, 0.15) is 27.2 Å². The number of halogens is 1. The van der Waals surface area contributed by atoms with Crippen LogP contribution in [0.3, 0.4) is 0 Å². The Kier molecular flexibility index (Phi) is 6.03. The molecule has 1 aromatic carbocycles. The summed E-state index contributed by atoms with van der Waals surface area (Å²) in [6.07, 6.45) is 1.49. The fourth-order valence-corrected chi connectivity index (χ4v) is 4.21. The van der Waals surface area contributed by atoms with Crippen molar-refractivity contribution < 1.29 is 18.3 Å². The normalized spacial score (nSPS) is 15.9. The summed E-state index contributed by atoms with van der Waals surface area (Å²) < 4.78 is 25.2. The van der Waals surface area contributed by atoms with E-state index < -0.39 is 0 Å². The first-order valence-electron chi connectivity index (χ1n) is 9.49. The van der Waals surface area contributed by atoms with Gasteiger partial charge in [-0.05, 0) is 31.2 Å². The van der Waals surface area contributed by atoms with Gasteiger partial charge in [0.15, 0.2) is 0 Å². The van der Waals surface area contributed by atoms with E-state index in [-0.39, 0.29) is 17.8 Å². The predicted octanol–water partition coefficient (Wildman–Crippen LogP) is 3.65. The van der Waals surface area contributed by atoms with Gasteiger partial charge in [0.1, 0.15) is 27.2 Å². The first-order chi connectivity index (χ1) is 14.1. The zero-order valence-electron chi connectivity index (χ0n) is 16.1. The molecule has 1 saturated heterocycles. The van der Waals surface area contributed by atoms with E-state index in [2.05, 4.69) is 15.2 Å². The summed E-state index contributed by atoms with van der Waals surface area (Å²) in [6, 6.07) is 10.2. The number of aromatic nitrogens is 1. The highest BCUT2D eigenvalue weighted by atomic mass is 32.1. The van der Waals surface area contributed by atoms with Crippen molar-refractivity contribution >= 4 is 17.2 Å². The molecule has 0 radical (unpaired) electrons. The number of carbonyl (C=O) groups is 1. The van der Waals surface area contributed by atoms with E-state index in [0.717, 1.165) is 24.6 Å². The zero-order valence-corrected chi connectivity index (χ0v) is 16.9. The fourth-order valence-electron chi connectivity index (χ4n) is 3.35. The second-order valence-electron chi connectivity index (χ2n) is 6.83. The maximum atomic E-state index is 14.0. The molecule has 6 nitrogen and oxygen atoms in total. The number of morpholine rings is 1. The SMILES string of the molecule is Cc1ccc(C(CNC(=O)c2cnc(-c3ccccc3F)s2)N2CCOCC2)o1. The lowest BCUT2D eigenvalue weighted by molar-refractivity contribution is 0.0117. The van der Waals surface area contributed by atoms with Crippen molar-refractivity contribution in [1.82, 2.24) is 15.2 Å². The van der Waals surface area contributed by atoms with Crippen molar-refractivity contribution in [2.75, 3.05) is 32.8 Å². The maximum absolute atomic E-state index is 14.0. The Bertz CT molecular complexity index is 981. The largest absolute Gasteiger partial charge is 0.465 e. The van der Waals surface area contributed by atoms with Gasteiger partial charge < -0.3 is 14.5 Å². The molecule has 1 fully saturated rings. The van der Waals surface area contributed by atoms with E-state index in [1.54, 1.807) is 18.2 Å². The van der Waals surface area contributed by atoms with E-state index >= 15 is 0 Å². The molecule has 1 aliphatic heterocycles. The maximum Gasteiger partial charge on any atom is 0.263 e. The lowest BCUT2D eigenvalue weighted by Crippen LogP contribution is -2.43. The standard InChI is InChI=1S/C21H22FN3O3S/c1-14-6-7-18(28-14)17(25-8-10-27-11-9-25)12-23-20(26)19-13-24-21(29-19)15-4-2-3-5-16(15)22/h2-7,13,17H,8-12H2,1H3,(H,23,26). The fraction of sp³-hybridized carbons (Fsp3) is 0.333. The van der Waals surface area contributed by atoms with Crippen LogP contribution in [0.5, 0.6) is 0 Å². The monoisotopic (exact) mass is 415 g/mol. The topological polar surface area (TPSA) is 67.6 Å². The van der Waals surface area contributed by atoms with Gasteiger partial charge in [0, 0.05) is 25.2 Å². The molecule has 1 N–H and O–H groups in total. The van der Waals surface area contributed by atoms with Gasteiger partial charge in [-0.1, -0.05) is 12.1 Å². The molecule has 1 aliphatic rings. The molecule has 0 bridgehead atoms. The number of ether oxygens (including phenoxy) is 1. The number of furan rings is 1. The Hall–Kier alpha value is -2.55. The van der Waals surface area contributed by atoms with Crippen LogP contribution in [0.25, 0.3) is 10.6 Å². The van der Waals surface area contributed by atoms with Crippen LogP contribution in [0.15, 0.2) is 47.0 Å². The molecule has 152 valence electrons. The zero-order chi connectivity index (χ0) is 20.2. The summed E-state index contributed by atoms with van der Waals surface area (Å²) in [5, 5.41) is 3.46. The molecule has 1 atom stereocenters. The average molecular weight is 415 g/mol. The number of amides is 1. The minimum Gasteiger partial charge on any atom is -0.465 e. The molecular weight excluding hydrogens is 393 g/mol. The Labute approximate surface area is 172 Å². The molecular formula is C21H22FN3O3S. The van der Waals surface area contributed by atoms with Gasteiger partial charge in [-0.2, -0.15) is 0 Å². The number of hydrogen-bond donors (Lipinski definition) is 1. The lowest BCUT2D eigenvalue weighted by atomic mass is 10.1. The minimum absolute atomic E-state index is 0.0736. The predicted molar refractivity (Wildman–Crippen MR) is 108 cm³/mol. The van der Waals surface area contributed by atoms with Crippen LogP contribution < -0.4 is 5.32 Å². The molecule has 4 rings (SSSR count). The summed E-state index contributed by atoms with van der Waals surface area (Å²) in [4.78, 5) is 19.6. The quantitative estimate of drug-likeness (QED) is 0.666. The molecule has 8 heteroatoms. The van der Waals surface area contributed by atoms with Crippen molar-refractivity contribution in [3.8, 4) is 10.6 Å². The Morgan fingerprint density at radius 1 is 1.28 bits per heavy atom. The van der Waals surface area contributed by atoms with E-state index in [9.17, 15) is 9.18 Å². The molecule has 3 aromatic rings. The van der Waals surface area contributed by atoms with Crippen molar-refractivity contribution in [2.45, 2.75) is 13.0 Å². The van der Waals surface area contributed by atoms with Gasteiger partial charge in [-0.15, -0.1) is 11.3 Å². The number of carbonyl (C=O) groups excluding carboxylic acids is 1. The average Bonchev–Trinajstić information content (AvgIpc) is 3.39. The summed E-state index contributed by atoms with van der Waals surface area (Å²) >= 11 is 1.18. The van der Waals surface area contributed by atoms with Gasteiger partial charge in [0.05, 0.1) is 25.5 Å². The minimum atomic E-state index is -0.352. The number of thiazole rings is 1.